The minimum absolute atomic E-state index is 0.177. The molecule has 2 atom stereocenters. The molecule has 4 heteroatoms. The fourth-order valence-electron chi connectivity index (χ4n) is 2.04. The Morgan fingerprint density at radius 2 is 2.24 bits per heavy atom. The largest absolute Gasteiger partial charge is 0.381 e. The molecule has 1 N–H and O–H groups in total. The maximum atomic E-state index is 12.8. The van der Waals surface area contributed by atoms with Gasteiger partial charge in [-0.2, -0.15) is 0 Å². The zero-order valence-electron chi connectivity index (χ0n) is 9.99. The second-order valence-corrected chi connectivity index (χ2v) is 5.38. The molecule has 0 bridgehead atoms. The van der Waals surface area contributed by atoms with Crippen molar-refractivity contribution in [2.24, 2.45) is 5.92 Å². The molecule has 1 aliphatic rings. The zero-order chi connectivity index (χ0) is 12.1. The van der Waals surface area contributed by atoms with Crippen LogP contribution in [0.3, 0.4) is 0 Å². The standard InChI is InChI=1S/C13H18FNOS/c1-15-13(10-6-7-16-8-10)9-17-12-4-2-11(14)3-5-12/h2-5,10,13,15H,6-9H2,1H3. The Morgan fingerprint density at radius 3 is 2.82 bits per heavy atom. The first-order valence-electron chi connectivity index (χ1n) is 5.93. The summed E-state index contributed by atoms with van der Waals surface area (Å²) in [7, 11) is 1.99. The molecule has 0 saturated carbocycles. The second kappa shape index (κ2) is 6.38. The highest BCUT2D eigenvalue weighted by Crippen LogP contribution is 2.24. The molecular formula is C13H18FNOS. The van der Waals surface area contributed by atoms with Crippen molar-refractivity contribution in [1.82, 2.24) is 5.32 Å². The molecule has 17 heavy (non-hydrogen) atoms. The van der Waals surface area contributed by atoms with Gasteiger partial charge < -0.3 is 10.1 Å². The molecule has 1 aromatic rings. The highest BCUT2D eigenvalue weighted by molar-refractivity contribution is 7.99. The molecule has 0 amide bonds. The van der Waals surface area contributed by atoms with Crippen molar-refractivity contribution >= 4 is 11.8 Å². The molecule has 0 aliphatic carbocycles. The Bertz CT molecular complexity index is 338. The van der Waals surface area contributed by atoms with Crippen molar-refractivity contribution in [1.29, 1.82) is 0 Å². The van der Waals surface area contributed by atoms with Crippen molar-refractivity contribution in [2.75, 3.05) is 26.0 Å². The lowest BCUT2D eigenvalue weighted by atomic mass is 10.0. The van der Waals surface area contributed by atoms with Crippen LogP contribution in [-0.4, -0.2) is 32.1 Å². The van der Waals surface area contributed by atoms with E-state index in [0.29, 0.717) is 12.0 Å². The van der Waals surface area contributed by atoms with Crippen LogP contribution in [-0.2, 0) is 4.74 Å². The van der Waals surface area contributed by atoms with Gasteiger partial charge in [0, 0.05) is 29.2 Å². The topological polar surface area (TPSA) is 21.3 Å². The molecule has 2 nitrogen and oxygen atoms in total. The van der Waals surface area contributed by atoms with Crippen molar-refractivity contribution < 1.29 is 9.13 Å². The normalized spacial score (nSPS) is 21.6. The molecule has 94 valence electrons. The summed E-state index contributed by atoms with van der Waals surface area (Å²) in [4.78, 5) is 1.12. The Hall–Kier alpha value is -0.580. The van der Waals surface area contributed by atoms with E-state index < -0.39 is 0 Å². The quantitative estimate of drug-likeness (QED) is 0.817. The van der Waals surface area contributed by atoms with Crippen molar-refractivity contribution in [2.45, 2.75) is 17.4 Å². The fourth-order valence-corrected chi connectivity index (χ4v) is 3.18. The van der Waals surface area contributed by atoms with E-state index in [9.17, 15) is 4.39 Å². The van der Waals surface area contributed by atoms with Crippen LogP contribution in [0.15, 0.2) is 29.2 Å². The van der Waals surface area contributed by atoms with Crippen LogP contribution in [0.2, 0.25) is 0 Å². The van der Waals surface area contributed by atoms with Gasteiger partial charge in [-0.3, -0.25) is 0 Å². The molecular weight excluding hydrogens is 237 g/mol. The third-order valence-electron chi connectivity index (χ3n) is 3.15. The van der Waals surface area contributed by atoms with E-state index in [0.717, 1.165) is 30.3 Å². The Kier molecular flexibility index (Phi) is 4.83. The van der Waals surface area contributed by atoms with E-state index in [1.807, 2.05) is 19.2 Å². The van der Waals surface area contributed by atoms with Crippen LogP contribution >= 0.6 is 11.8 Å². The predicted molar refractivity (Wildman–Crippen MR) is 68.9 cm³/mol. The van der Waals surface area contributed by atoms with Gasteiger partial charge in [-0.05, 0) is 37.7 Å². The minimum atomic E-state index is -0.177. The third-order valence-corrected chi connectivity index (χ3v) is 4.28. The van der Waals surface area contributed by atoms with Crippen LogP contribution in [0, 0.1) is 11.7 Å². The molecule has 0 aromatic heterocycles. The Balaban J connectivity index is 1.84. The highest BCUT2D eigenvalue weighted by atomic mass is 32.2. The Labute approximate surface area is 106 Å². The highest BCUT2D eigenvalue weighted by Gasteiger charge is 2.24. The summed E-state index contributed by atoms with van der Waals surface area (Å²) in [6.07, 6.45) is 1.13. The maximum Gasteiger partial charge on any atom is 0.123 e. The first-order chi connectivity index (χ1) is 8.29. The lowest BCUT2D eigenvalue weighted by molar-refractivity contribution is 0.180. The molecule has 1 aromatic carbocycles. The molecule has 1 fully saturated rings. The first kappa shape index (κ1) is 12.9. The van der Waals surface area contributed by atoms with Gasteiger partial charge in [0.25, 0.3) is 0 Å². The van der Waals surface area contributed by atoms with E-state index in [4.69, 9.17) is 4.74 Å². The molecule has 2 unspecified atom stereocenters. The van der Waals surface area contributed by atoms with Crippen LogP contribution in [0.4, 0.5) is 4.39 Å². The number of ether oxygens (including phenoxy) is 1. The van der Waals surface area contributed by atoms with E-state index in [1.165, 1.54) is 12.1 Å². The van der Waals surface area contributed by atoms with Gasteiger partial charge in [0.1, 0.15) is 5.82 Å². The molecule has 1 heterocycles. The van der Waals surface area contributed by atoms with Gasteiger partial charge in [-0.1, -0.05) is 0 Å². The molecule has 1 saturated heterocycles. The van der Waals surface area contributed by atoms with E-state index >= 15 is 0 Å². The summed E-state index contributed by atoms with van der Waals surface area (Å²) in [6.45, 7) is 1.74. The lowest BCUT2D eigenvalue weighted by Gasteiger charge is -2.21. The van der Waals surface area contributed by atoms with Crippen molar-refractivity contribution in [3.8, 4) is 0 Å². The molecule has 2 rings (SSSR count). The van der Waals surface area contributed by atoms with E-state index in [2.05, 4.69) is 5.32 Å². The lowest BCUT2D eigenvalue weighted by Crippen LogP contribution is -2.36. The van der Waals surface area contributed by atoms with Crippen LogP contribution in [0.25, 0.3) is 0 Å². The number of benzene rings is 1. The number of rotatable bonds is 5. The van der Waals surface area contributed by atoms with Crippen molar-refractivity contribution in [3.05, 3.63) is 30.1 Å². The summed E-state index contributed by atoms with van der Waals surface area (Å²) in [5, 5.41) is 3.35. The van der Waals surface area contributed by atoms with Gasteiger partial charge in [-0.25, -0.2) is 4.39 Å². The molecule has 0 spiro atoms. The predicted octanol–water partition coefficient (Wildman–Crippen LogP) is 2.54. The zero-order valence-corrected chi connectivity index (χ0v) is 10.8. The van der Waals surface area contributed by atoms with Gasteiger partial charge in [-0.15, -0.1) is 11.8 Å². The summed E-state index contributed by atoms with van der Waals surface area (Å²) in [5.74, 6) is 1.42. The molecule has 0 radical (unpaired) electrons. The van der Waals surface area contributed by atoms with Crippen molar-refractivity contribution in [3.63, 3.8) is 0 Å². The summed E-state index contributed by atoms with van der Waals surface area (Å²) >= 11 is 1.76. The summed E-state index contributed by atoms with van der Waals surface area (Å²) in [5.41, 5.74) is 0. The minimum Gasteiger partial charge on any atom is -0.381 e. The van der Waals surface area contributed by atoms with Gasteiger partial charge in [0.05, 0.1) is 6.61 Å². The van der Waals surface area contributed by atoms with E-state index in [1.54, 1.807) is 11.8 Å². The van der Waals surface area contributed by atoms with Gasteiger partial charge >= 0.3 is 0 Å². The number of hydrogen-bond donors (Lipinski definition) is 1. The SMILES string of the molecule is CNC(CSc1ccc(F)cc1)C1CCOC1. The maximum absolute atomic E-state index is 12.8. The summed E-state index contributed by atoms with van der Waals surface area (Å²) < 4.78 is 18.2. The Morgan fingerprint density at radius 1 is 1.47 bits per heavy atom. The first-order valence-corrected chi connectivity index (χ1v) is 6.91. The third kappa shape index (κ3) is 3.69. The van der Waals surface area contributed by atoms with Gasteiger partial charge in [0.15, 0.2) is 0 Å². The number of nitrogens with one attached hydrogen (secondary N) is 1. The van der Waals surface area contributed by atoms with Crippen LogP contribution < -0.4 is 5.32 Å². The summed E-state index contributed by atoms with van der Waals surface area (Å²) in [6, 6.07) is 7.15. The smallest absolute Gasteiger partial charge is 0.123 e. The second-order valence-electron chi connectivity index (χ2n) is 4.28. The number of hydrogen-bond acceptors (Lipinski definition) is 3. The molecule has 1 aliphatic heterocycles. The van der Waals surface area contributed by atoms with Crippen LogP contribution in [0.5, 0.6) is 0 Å². The van der Waals surface area contributed by atoms with Crippen LogP contribution in [0.1, 0.15) is 6.42 Å². The van der Waals surface area contributed by atoms with Gasteiger partial charge in [0.2, 0.25) is 0 Å². The number of halogens is 1. The van der Waals surface area contributed by atoms with E-state index in [-0.39, 0.29) is 5.82 Å². The fraction of sp³-hybridized carbons (Fsp3) is 0.538. The average Bonchev–Trinajstić information content (AvgIpc) is 2.86. The average molecular weight is 255 g/mol. The number of thioether (sulfide) groups is 1. The monoisotopic (exact) mass is 255 g/mol.